The Morgan fingerprint density at radius 3 is 2.57 bits per heavy atom. The van der Waals surface area contributed by atoms with Crippen molar-refractivity contribution >= 4 is 5.84 Å². The highest BCUT2D eigenvalue weighted by atomic mass is 16.1. The summed E-state index contributed by atoms with van der Waals surface area (Å²) in [4.78, 5) is 12.6. The average Bonchev–Trinajstić information content (AvgIpc) is 3.25. The van der Waals surface area contributed by atoms with Crippen molar-refractivity contribution in [1.29, 1.82) is 5.41 Å². The molecule has 0 aliphatic heterocycles. The second kappa shape index (κ2) is 4.88. The van der Waals surface area contributed by atoms with Crippen LogP contribution in [0, 0.1) is 19.3 Å². The van der Waals surface area contributed by atoms with Crippen LogP contribution in [0.3, 0.4) is 0 Å². The number of benzene rings is 1. The number of nitrogens with two attached hydrogens (primary N) is 1. The molecule has 1 aliphatic carbocycles. The van der Waals surface area contributed by atoms with Gasteiger partial charge in [0.1, 0.15) is 5.84 Å². The maximum atomic E-state index is 12.6. The zero-order valence-corrected chi connectivity index (χ0v) is 12.3. The quantitative estimate of drug-likeness (QED) is 0.670. The maximum Gasteiger partial charge on any atom is 0.262 e. The van der Waals surface area contributed by atoms with Crippen molar-refractivity contribution in [3.05, 3.63) is 57.4 Å². The molecule has 21 heavy (non-hydrogen) atoms. The number of nitrogens with zero attached hydrogens (tertiary/aromatic N) is 1. The second-order valence-electron chi connectivity index (χ2n) is 5.77. The molecule has 3 N–H and O–H groups in total. The molecule has 1 saturated carbocycles. The van der Waals surface area contributed by atoms with Gasteiger partial charge < -0.3 is 10.3 Å². The molecular formula is C17H19N3O. The number of amidine groups is 1. The van der Waals surface area contributed by atoms with Gasteiger partial charge in [-0.15, -0.1) is 0 Å². The minimum Gasteiger partial charge on any atom is -0.384 e. The van der Waals surface area contributed by atoms with Crippen molar-refractivity contribution in [2.75, 3.05) is 0 Å². The normalized spacial score (nSPS) is 14.2. The molecule has 1 aromatic heterocycles. The first-order valence-electron chi connectivity index (χ1n) is 7.16. The van der Waals surface area contributed by atoms with E-state index in [-0.39, 0.29) is 23.0 Å². The molecule has 0 radical (unpaired) electrons. The topological polar surface area (TPSA) is 71.9 Å². The summed E-state index contributed by atoms with van der Waals surface area (Å²) in [6.07, 6.45) is 2.03. The lowest BCUT2D eigenvalue weighted by molar-refractivity contribution is 0.713. The second-order valence-corrected chi connectivity index (χ2v) is 5.77. The molecule has 108 valence electrons. The first-order chi connectivity index (χ1) is 9.99. The third-order valence-electron chi connectivity index (χ3n) is 3.99. The molecule has 0 atom stereocenters. The van der Waals surface area contributed by atoms with Crippen LogP contribution in [0.15, 0.2) is 35.1 Å². The van der Waals surface area contributed by atoms with Crippen LogP contribution in [0.2, 0.25) is 0 Å². The number of nitrogens with one attached hydrogen (secondary N) is 1. The van der Waals surface area contributed by atoms with E-state index in [1.165, 1.54) is 5.56 Å². The molecule has 3 rings (SSSR count). The summed E-state index contributed by atoms with van der Waals surface area (Å²) in [5.74, 6) is -0.165. The highest BCUT2D eigenvalue weighted by Crippen LogP contribution is 2.37. The van der Waals surface area contributed by atoms with Crippen LogP contribution in [-0.4, -0.2) is 10.4 Å². The van der Waals surface area contributed by atoms with Gasteiger partial charge in [-0.3, -0.25) is 10.2 Å². The summed E-state index contributed by atoms with van der Waals surface area (Å²) in [6.45, 7) is 4.10. The Hall–Kier alpha value is -2.36. The van der Waals surface area contributed by atoms with E-state index in [0.717, 1.165) is 29.7 Å². The van der Waals surface area contributed by atoms with E-state index >= 15 is 0 Å². The Bertz CT molecular complexity index is 785. The molecule has 0 spiro atoms. The number of nitrogen functional groups attached to an aromatic ring is 1. The zero-order valence-electron chi connectivity index (χ0n) is 12.3. The lowest BCUT2D eigenvalue weighted by Gasteiger charge is -2.16. The minimum atomic E-state index is -0.165. The molecule has 0 amide bonds. The Labute approximate surface area is 123 Å². The molecular weight excluding hydrogens is 262 g/mol. The van der Waals surface area contributed by atoms with Crippen molar-refractivity contribution in [3.8, 4) is 11.3 Å². The molecule has 2 aromatic rings. The fraction of sp³-hybridized carbons (Fsp3) is 0.294. The molecule has 0 saturated heterocycles. The van der Waals surface area contributed by atoms with E-state index in [2.05, 4.69) is 25.1 Å². The standard InChI is InChI=1S/C17H19N3O/c1-10-3-4-11(2)14(9-10)15-8-7-13(16(18)19)17(21)20(15)12-5-6-12/h3-4,7-9,12H,5-6H2,1-2H3,(H3,18,19). The molecule has 1 aromatic carbocycles. The van der Waals surface area contributed by atoms with Gasteiger partial charge in [0, 0.05) is 11.6 Å². The van der Waals surface area contributed by atoms with Crippen LogP contribution >= 0.6 is 0 Å². The first kappa shape index (κ1) is 13.6. The fourth-order valence-electron chi connectivity index (χ4n) is 2.68. The van der Waals surface area contributed by atoms with E-state index < -0.39 is 0 Å². The van der Waals surface area contributed by atoms with Crippen LogP contribution < -0.4 is 11.3 Å². The van der Waals surface area contributed by atoms with Gasteiger partial charge >= 0.3 is 0 Å². The molecule has 4 heteroatoms. The van der Waals surface area contributed by atoms with Crippen LogP contribution in [0.4, 0.5) is 0 Å². The van der Waals surface area contributed by atoms with Gasteiger partial charge in [-0.2, -0.15) is 0 Å². The van der Waals surface area contributed by atoms with Crippen molar-refractivity contribution in [3.63, 3.8) is 0 Å². The van der Waals surface area contributed by atoms with Gasteiger partial charge in [-0.05, 0) is 50.5 Å². The number of aromatic nitrogens is 1. The number of pyridine rings is 1. The fourth-order valence-corrected chi connectivity index (χ4v) is 2.68. The number of hydrogen-bond acceptors (Lipinski definition) is 2. The third-order valence-corrected chi connectivity index (χ3v) is 3.99. The van der Waals surface area contributed by atoms with Gasteiger partial charge in [0.25, 0.3) is 5.56 Å². The van der Waals surface area contributed by atoms with Crippen LogP contribution in [-0.2, 0) is 0 Å². The van der Waals surface area contributed by atoms with E-state index in [1.54, 1.807) is 6.07 Å². The maximum absolute atomic E-state index is 12.6. The summed E-state index contributed by atoms with van der Waals surface area (Å²) in [5, 5.41) is 7.55. The molecule has 1 heterocycles. The van der Waals surface area contributed by atoms with Crippen molar-refractivity contribution in [2.24, 2.45) is 5.73 Å². The Morgan fingerprint density at radius 1 is 1.24 bits per heavy atom. The summed E-state index contributed by atoms with van der Waals surface area (Å²) in [7, 11) is 0. The van der Waals surface area contributed by atoms with Gasteiger partial charge in [-0.1, -0.05) is 17.7 Å². The van der Waals surface area contributed by atoms with Gasteiger partial charge in [0.05, 0.1) is 11.3 Å². The SMILES string of the molecule is Cc1ccc(C)c(-c2ccc(C(=N)N)c(=O)n2C2CC2)c1. The minimum absolute atomic E-state index is 0.150. The van der Waals surface area contributed by atoms with Crippen LogP contribution in [0.25, 0.3) is 11.3 Å². The number of aryl methyl sites for hydroxylation is 2. The monoisotopic (exact) mass is 281 g/mol. The Kier molecular flexibility index (Phi) is 3.16. The third kappa shape index (κ3) is 2.37. The summed E-state index contributed by atoms with van der Waals surface area (Å²) >= 11 is 0. The van der Waals surface area contributed by atoms with Crippen molar-refractivity contribution in [1.82, 2.24) is 4.57 Å². The molecule has 0 bridgehead atoms. The summed E-state index contributed by atoms with van der Waals surface area (Å²) < 4.78 is 1.82. The highest BCUT2D eigenvalue weighted by Gasteiger charge is 2.28. The largest absolute Gasteiger partial charge is 0.384 e. The smallest absolute Gasteiger partial charge is 0.262 e. The van der Waals surface area contributed by atoms with Crippen LogP contribution in [0.1, 0.15) is 35.6 Å². The molecule has 0 unspecified atom stereocenters. The molecule has 1 aliphatic rings. The number of rotatable bonds is 3. The van der Waals surface area contributed by atoms with Crippen molar-refractivity contribution in [2.45, 2.75) is 32.7 Å². The van der Waals surface area contributed by atoms with Crippen molar-refractivity contribution < 1.29 is 0 Å². The lowest BCUT2D eigenvalue weighted by atomic mass is 10.0. The Balaban J connectivity index is 2.28. The lowest BCUT2D eigenvalue weighted by Crippen LogP contribution is -2.30. The molecule has 4 nitrogen and oxygen atoms in total. The summed E-state index contributed by atoms with van der Waals surface area (Å²) in [6, 6.07) is 10.1. The first-order valence-corrected chi connectivity index (χ1v) is 7.16. The van der Waals surface area contributed by atoms with Crippen LogP contribution in [0.5, 0.6) is 0 Å². The van der Waals surface area contributed by atoms with E-state index in [9.17, 15) is 4.79 Å². The van der Waals surface area contributed by atoms with E-state index in [1.807, 2.05) is 17.6 Å². The van der Waals surface area contributed by atoms with Gasteiger partial charge in [0.15, 0.2) is 0 Å². The zero-order chi connectivity index (χ0) is 15.1. The van der Waals surface area contributed by atoms with E-state index in [4.69, 9.17) is 11.1 Å². The highest BCUT2D eigenvalue weighted by molar-refractivity contribution is 5.94. The predicted molar refractivity (Wildman–Crippen MR) is 84.9 cm³/mol. The summed E-state index contributed by atoms with van der Waals surface area (Å²) in [5.41, 5.74) is 9.97. The van der Waals surface area contributed by atoms with E-state index in [0.29, 0.717) is 0 Å². The van der Waals surface area contributed by atoms with Gasteiger partial charge in [0.2, 0.25) is 0 Å². The predicted octanol–water partition coefficient (Wildman–Crippen LogP) is 2.75. The van der Waals surface area contributed by atoms with Gasteiger partial charge in [-0.25, -0.2) is 0 Å². The Morgan fingerprint density at radius 2 is 1.95 bits per heavy atom. The average molecular weight is 281 g/mol. The number of hydrogen-bond donors (Lipinski definition) is 2. The molecule has 1 fully saturated rings.